The number of anilines is 3. The number of hydrogen-bond acceptors (Lipinski definition) is 5. The van der Waals surface area contributed by atoms with E-state index in [9.17, 15) is 14.4 Å². The molecule has 1 unspecified atom stereocenters. The molecular formula is C24H30N4O4. The van der Waals surface area contributed by atoms with Gasteiger partial charge in [0.25, 0.3) is 5.91 Å². The summed E-state index contributed by atoms with van der Waals surface area (Å²) in [6.45, 7) is 4.90. The van der Waals surface area contributed by atoms with E-state index in [4.69, 9.17) is 4.74 Å². The average molecular weight is 439 g/mol. The standard InChI is InChI=1S/C24H30N4O4/c1-3-22(29)27-20-10-5-11-21(16(20)2)28-23(30)15-25-18-8-4-7-17(13-18)24(31)26-14-19-9-6-12-32-19/h4-5,7-8,10-11,13,19,25H,3,6,9,12,14-15H2,1-2H3,(H,26,31)(H,27,29)(H,28,30). The molecule has 8 nitrogen and oxygen atoms in total. The number of carbonyl (C=O) groups is 3. The van der Waals surface area contributed by atoms with E-state index in [1.165, 1.54) is 0 Å². The van der Waals surface area contributed by atoms with E-state index < -0.39 is 0 Å². The number of amides is 3. The molecule has 1 aliphatic heterocycles. The normalized spacial score (nSPS) is 15.1. The van der Waals surface area contributed by atoms with Gasteiger partial charge in [-0.25, -0.2) is 0 Å². The van der Waals surface area contributed by atoms with Gasteiger partial charge in [-0.15, -0.1) is 0 Å². The van der Waals surface area contributed by atoms with Crippen LogP contribution < -0.4 is 21.3 Å². The van der Waals surface area contributed by atoms with Crippen molar-refractivity contribution in [3.63, 3.8) is 0 Å². The van der Waals surface area contributed by atoms with E-state index in [0.717, 1.165) is 25.0 Å². The number of nitrogens with one attached hydrogen (secondary N) is 4. The highest BCUT2D eigenvalue weighted by Crippen LogP contribution is 2.23. The molecule has 1 fully saturated rings. The molecule has 0 radical (unpaired) electrons. The lowest BCUT2D eigenvalue weighted by molar-refractivity contribution is -0.116. The molecule has 32 heavy (non-hydrogen) atoms. The molecule has 3 amide bonds. The largest absolute Gasteiger partial charge is 0.376 e. The topological polar surface area (TPSA) is 109 Å². The van der Waals surface area contributed by atoms with Crippen LogP contribution in [0.25, 0.3) is 0 Å². The van der Waals surface area contributed by atoms with Crippen LogP contribution in [0.4, 0.5) is 17.1 Å². The van der Waals surface area contributed by atoms with Gasteiger partial charge in [-0.2, -0.15) is 0 Å². The number of carbonyl (C=O) groups excluding carboxylic acids is 3. The third-order valence-electron chi connectivity index (χ3n) is 5.30. The summed E-state index contributed by atoms with van der Waals surface area (Å²) in [5.41, 5.74) is 3.28. The molecule has 4 N–H and O–H groups in total. The van der Waals surface area contributed by atoms with Crippen molar-refractivity contribution in [2.45, 2.75) is 39.2 Å². The molecular weight excluding hydrogens is 408 g/mol. The molecule has 1 saturated heterocycles. The smallest absolute Gasteiger partial charge is 0.251 e. The quantitative estimate of drug-likeness (QED) is 0.480. The SMILES string of the molecule is CCC(=O)Nc1cccc(NC(=O)CNc2cccc(C(=O)NCC3CCCO3)c2)c1C. The highest BCUT2D eigenvalue weighted by molar-refractivity contribution is 5.98. The summed E-state index contributed by atoms with van der Waals surface area (Å²) in [6.07, 6.45) is 2.45. The van der Waals surface area contributed by atoms with E-state index in [2.05, 4.69) is 21.3 Å². The second-order valence-corrected chi connectivity index (χ2v) is 7.71. The van der Waals surface area contributed by atoms with Crippen molar-refractivity contribution in [1.29, 1.82) is 0 Å². The van der Waals surface area contributed by atoms with Crippen LogP contribution in [0.3, 0.4) is 0 Å². The molecule has 0 spiro atoms. The van der Waals surface area contributed by atoms with Crippen LogP contribution in [-0.2, 0) is 14.3 Å². The van der Waals surface area contributed by atoms with Crippen LogP contribution in [0.5, 0.6) is 0 Å². The van der Waals surface area contributed by atoms with Crippen molar-refractivity contribution in [3.8, 4) is 0 Å². The lowest BCUT2D eigenvalue weighted by Gasteiger charge is -2.14. The van der Waals surface area contributed by atoms with Gasteiger partial charge in [0.05, 0.1) is 12.6 Å². The maximum Gasteiger partial charge on any atom is 0.251 e. The Hall–Kier alpha value is -3.39. The molecule has 2 aromatic carbocycles. The minimum Gasteiger partial charge on any atom is -0.376 e. The molecule has 0 saturated carbocycles. The van der Waals surface area contributed by atoms with E-state index >= 15 is 0 Å². The van der Waals surface area contributed by atoms with Gasteiger partial charge in [-0.05, 0) is 55.7 Å². The fraction of sp³-hybridized carbons (Fsp3) is 0.375. The highest BCUT2D eigenvalue weighted by atomic mass is 16.5. The van der Waals surface area contributed by atoms with Gasteiger partial charge in [-0.1, -0.05) is 19.1 Å². The van der Waals surface area contributed by atoms with Gasteiger partial charge in [0.15, 0.2) is 0 Å². The zero-order valence-corrected chi connectivity index (χ0v) is 18.5. The first-order valence-corrected chi connectivity index (χ1v) is 10.9. The van der Waals surface area contributed by atoms with Crippen LogP contribution >= 0.6 is 0 Å². The van der Waals surface area contributed by atoms with Gasteiger partial charge in [0, 0.05) is 42.2 Å². The average Bonchev–Trinajstić information content (AvgIpc) is 3.32. The monoisotopic (exact) mass is 438 g/mol. The zero-order valence-electron chi connectivity index (χ0n) is 18.5. The Morgan fingerprint density at radius 1 is 1.03 bits per heavy atom. The van der Waals surface area contributed by atoms with Gasteiger partial charge < -0.3 is 26.0 Å². The van der Waals surface area contributed by atoms with Gasteiger partial charge >= 0.3 is 0 Å². The van der Waals surface area contributed by atoms with Crippen molar-refractivity contribution >= 4 is 34.8 Å². The number of ether oxygens (including phenoxy) is 1. The zero-order chi connectivity index (χ0) is 22.9. The van der Waals surface area contributed by atoms with Crippen molar-refractivity contribution in [1.82, 2.24) is 5.32 Å². The lowest BCUT2D eigenvalue weighted by Crippen LogP contribution is -2.31. The number of rotatable bonds is 9. The summed E-state index contributed by atoms with van der Waals surface area (Å²) in [6, 6.07) is 12.4. The fourth-order valence-electron chi connectivity index (χ4n) is 3.41. The van der Waals surface area contributed by atoms with E-state index in [1.807, 2.05) is 6.92 Å². The minimum absolute atomic E-state index is 0.0337. The molecule has 8 heteroatoms. The van der Waals surface area contributed by atoms with Crippen LogP contribution in [-0.4, -0.2) is 43.5 Å². The second kappa shape index (κ2) is 11.3. The molecule has 0 aromatic heterocycles. The summed E-state index contributed by atoms with van der Waals surface area (Å²) < 4.78 is 5.52. The first-order chi connectivity index (χ1) is 15.5. The number of hydrogen-bond donors (Lipinski definition) is 4. The summed E-state index contributed by atoms with van der Waals surface area (Å²) in [7, 11) is 0. The van der Waals surface area contributed by atoms with Crippen LogP contribution in [0.2, 0.25) is 0 Å². The summed E-state index contributed by atoms with van der Waals surface area (Å²) in [5.74, 6) is -0.492. The Morgan fingerprint density at radius 2 is 1.75 bits per heavy atom. The van der Waals surface area contributed by atoms with Crippen molar-refractivity contribution in [2.75, 3.05) is 35.6 Å². The molecule has 0 aliphatic carbocycles. The summed E-state index contributed by atoms with van der Waals surface area (Å²) in [5, 5.41) is 11.6. The van der Waals surface area contributed by atoms with E-state index in [1.54, 1.807) is 49.4 Å². The predicted molar refractivity (Wildman–Crippen MR) is 125 cm³/mol. The molecule has 1 aliphatic rings. The summed E-state index contributed by atoms with van der Waals surface area (Å²) >= 11 is 0. The van der Waals surface area contributed by atoms with E-state index in [-0.39, 0.29) is 30.4 Å². The lowest BCUT2D eigenvalue weighted by atomic mass is 10.1. The van der Waals surface area contributed by atoms with Gasteiger partial charge in [0.2, 0.25) is 11.8 Å². The highest BCUT2D eigenvalue weighted by Gasteiger charge is 2.17. The minimum atomic E-state index is -0.236. The van der Waals surface area contributed by atoms with Crippen LogP contribution in [0.15, 0.2) is 42.5 Å². The molecule has 170 valence electrons. The summed E-state index contributed by atoms with van der Waals surface area (Å²) in [4.78, 5) is 36.5. The fourth-order valence-corrected chi connectivity index (χ4v) is 3.41. The second-order valence-electron chi connectivity index (χ2n) is 7.71. The molecule has 2 aromatic rings. The molecule has 1 heterocycles. The maximum absolute atomic E-state index is 12.4. The Morgan fingerprint density at radius 3 is 2.44 bits per heavy atom. The van der Waals surface area contributed by atoms with E-state index in [0.29, 0.717) is 35.6 Å². The van der Waals surface area contributed by atoms with Crippen molar-refractivity contribution in [2.24, 2.45) is 0 Å². The van der Waals surface area contributed by atoms with Gasteiger partial charge in [0.1, 0.15) is 0 Å². The van der Waals surface area contributed by atoms with Gasteiger partial charge in [-0.3, -0.25) is 14.4 Å². The Bertz CT molecular complexity index is 970. The van der Waals surface area contributed by atoms with Crippen LogP contribution in [0, 0.1) is 6.92 Å². The maximum atomic E-state index is 12.4. The Labute approximate surface area is 188 Å². The first kappa shape index (κ1) is 23.3. The van der Waals surface area contributed by atoms with Crippen molar-refractivity contribution in [3.05, 3.63) is 53.6 Å². The third-order valence-corrected chi connectivity index (χ3v) is 5.30. The first-order valence-electron chi connectivity index (χ1n) is 10.9. The number of benzene rings is 2. The predicted octanol–water partition coefficient (Wildman–Crippen LogP) is 3.30. The Kier molecular flexibility index (Phi) is 8.21. The molecule has 0 bridgehead atoms. The third kappa shape index (κ3) is 6.55. The molecule has 3 rings (SSSR count). The Balaban J connectivity index is 1.52. The van der Waals surface area contributed by atoms with Crippen molar-refractivity contribution < 1.29 is 19.1 Å². The molecule has 1 atom stereocenters. The van der Waals surface area contributed by atoms with Crippen LogP contribution in [0.1, 0.15) is 42.1 Å².